The van der Waals surface area contributed by atoms with E-state index >= 15 is 0 Å². The number of carbonyl (C=O) groups is 1. The van der Waals surface area contributed by atoms with Gasteiger partial charge in [-0.25, -0.2) is 18.8 Å². The summed E-state index contributed by atoms with van der Waals surface area (Å²) >= 11 is 0. The number of allylic oxidation sites excluding steroid dienone is 2. The Balaban J connectivity index is 2.47. The molecule has 37 heavy (non-hydrogen) atoms. The third-order valence-electron chi connectivity index (χ3n) is 5.54. The molecule has 0 bridgehead atoms. The SMILES string of the molecule is CC/C(C)=C(/C=C(\N=C(/C)C(F)F)Nc1cc(NC)c(C(N)=O)cn1)NCc1ccc(OC)cc1OC. The minimum Gasteiger partial charge on any atom is -0.497 e. The Kier molecular flexibility index (Phi) is 10.9. The molecule has 0 saturated heterocycles. The molecule has 0 spiro atoms. The second kappa shape index (κ2) is 13.8. The minimum absolute atomic E-state index is 0.135. The number of ether oxygens (including phenoxy) is 2. The maximum absolute atomic E-state index is 13.4. The average molecular weight is 517 g/mol. The summed E-state index contributed by atoms with van der Waals surface area (Å²) in [6.07, 6.45) is 0.919. The number of aliphatic imine (C=N–C) groups is 1. The lowest BCUT2D eigenvalue weighted by Gasteiger charge is -2.16. The summed E-state index contributed by atoms with van der Waals surface area (Å²) in [5, 5.41) is 9.21. The molecule has 0 aliphatic rings. The molecule has 0 saturated carbocycles. The van der Waals surface area contributed by atoms with E-state index in [2.05, 4.69) is 25.9 Å². The number of carbonyl (C=O) groups excluding carboxylic acids is 1. The molecule has 200 valence electrons. The smallest absolute Gasteiger partial charge is 0.276 e. The van der Waals surface area contributed by atoms with Gasteiger partial charge in [-0.3, -0.25) is 4.79 Å². The first-order valence-corrected chi connectivity index (χ1v) is 11.6. The van der Waals surface area contributed by atoms with E-state index < -0.39 is 12.3 Å². The van der Waals surface area contributed by atoms with E-state index in [-0.39, 0.29) is 22.9 Å². The van der Waals surface area contributed by atoms with Crippen molar-refractivity contribution in [3.63, 3.8) is 0 Å². The number of rotatable bonds is 13. The fourth-order valence-electron chi connectivity index (χ4n) is 3.23. The van der Waals surface area contributed by atoms with Crippen LogP contribution in [0, 0.1) is 0 Å². The van der Waals surface area contributed by atoms with Crippen molar-refractivity contribution < 1.29 is 23.0 Å². The highest BCUT2D eigenvalue weighted by atomic mass is 19.3. The normalized spacial score (nSPS) is 12.7. The molecule has 2 rings (SSSR count). The Bertz CT molecular complexity index is 1190. The van der Waals surface area contributed by atoms with Gasteiger partial charge in [0.15, 0.2) is 0 Å². The molecular formula is C26H34F2N6O3. The van der Waals surface area contributed by atoms with E-state index in [9.17, 15) is 13.6 Å². The molecule has 0 fully saturated rings. The van der Waals surface area contributed by atoms with Crippen LogP contribution in [0.3, 0.4) is 0 Å². The Hall–Kier alpha value is -4.15. The number of nitrogens with two attached hydrogens (primary N) is 1. The van der Waals surface area contributed by atoms with E-state index in [0.29, 0.717) is 35.8 Å². The van der Waals surface area contributed by atoms with Gasteiger partial charge in [0, 0.05) is 49.3 Å². The standard InChI is InChI=1S/C26H34F2N6O3/c1-7-15(2)20(31-13-17-8-9-18(36-5)10-22(17)37-6)11-24(33-16(3)25(27)28)34-23-12-21(30-4)19(14-32-23)26(29)35/h8-12,14,25,31H,7,13H2,1-6H3,(H2,29,35)(H2,30,32,34)/b20-15-,24-11+,33-16+. The summed E-state index contributed by atoms with van der Waals surface area (Å²) in [6, 6.07) is 7.05. The zero-order valence-corrected chi connectivity index (χ0v) is 21.9. The molecule has 1 aromatic carbocycles. The van der Waals surface area contributed by atoms with Crippen LogP contribution >= 0.6 is 0 Å². The summed E-state index contributed by atoms with van der Waals surface area (Å²) < 4.78 is 37.4. The Morgan fingerprint density at radius 1 is 1.22 bits per heavy atom. The van der Waals surface area contributed by atoms with E-state index in [1.54, 1.807) is 39.5 Å². The van der Waals surface area contributed by atoms with Crippen molar-refractivity contribution in [1.29, 1.82) is 0 Å². The summed E-state index contributed by atoms with van der Waals surface area (Å²) in [5.41, 5.74) is 8.19. The van der Waals surface area contributed by atoms with Gasteiger partial charge in [-0.2, -0.15) is 0 Å². The highest BCUT2D eigenvalue weighted by Crippen LogP contribution is 2.25. The predicted octanol–water partition coefficient (Wildman–Crippen LogP) is 4.69. The lowest BCUT2D eigenvalue weighted by molar-refractivity contribution is 0.100. The van der Waals surface area contributed by atoms with E-state index in [1.807, 2.05) is 26.0 Å². The first kappa shape index (κ1) is 29.1. The quantitative estimate of drug-likeness (QED) is 0.225. The lowest BCUT2D eigenvalue weighted by atomic mass is 10.1. The van der Waals surface area contributed by atoms with Crippen LogP contribution in [-0.4, -0.2) is 44.3 Å². The maximum atomic E-state index is 13.4. The third kappa shape index (κ3) is 8.19. The van der Waals surface area contributed by atoms with Gasteiger partial charge in [0.2, 0.25) is 0 Å². The summed E-state index contributed by atoms with van der Waals surface area (Å²) in [6.45, 7) is 5.57. The number of nitrogens with zero attached hydrogens (tertiary/aromatic N) is 2. The van der Waals surface area contributed by atoms with Gasteiger partial charge in [0.05, 0.1) is 31.2 Å². The number of methoxy groups -OCH3 is 2. The van der Waals surface area contributed by atoms with Crippen LogP contribution in [0.5, 0.6) is 11.5 Å². The summed E-state index contributed by atoms with van der Waals surface area (Å²) in [4.78, 5) is 19.9. The van der Waals surface area contributed by atoms with Gasteiger partial charge in [0.1, 0.15) is 23.1 Å². The van der Waals surface area contributed by atoms with Gasteiger partial charge in [-0.15, -0.1) is 0 Å². The molecule has 1 aromatic heterocycles. The van der Waals surface area contributed by atoms with Crippen molar-refractivity contribution in [3.8, 4) is 11.5 Å². The Morgan fingerprint density at radius 3 is 2.51 bits per heavy atom. The van der Waals surface area contributed by atoms with Crippen LogP contribution in [0.25, 0.3) is 0 Å². The predicted molar refractivity (Wildman–Crippen MR) is 142 cm³/mol. The number of hydrogen-bond acceptors (Lipinski definition) is 8. The second-order valence-electron chi connectivity index (χ2n) is 8.02. The zero-order chi connectivity index (χ0) is 27.5. The number of anilines is 2. The number of alkyl halides is 2. The molecule has 2 aromatic rings. The molecule has 1 heterocycles. The highest BCUT2D eigenvalue weighted by Gasteiger charge is 2.13. The number of hydrogen-bond donors (Lipinski definition) is 4. The topological polar surface area (TPSA) is 123 Å². The number of aromatic nitrogens is 1. The first-order valence-electron chi connectivity index (χ1n) is 11.6. The molecule has 0 unspecified atom stereocenters. The minimum atomic E-state index is -2.74. The van der Waals surface area contributed by atoms with Crippen LogP contribution in [-0.2, 0) is 6.54 Å². The number of pyridine rings is 1. The summed E-state index contributed by atoms with van der Waals surface area (Å²) in [5.74, 6) is 1.09. The third-order valence-corrected chi connectivity index (χ3v) is 5.54. The number of nitrogens with one attached hydrogen (secondary N) is 3. The Morgan fingerprint density at radius 2 is 1.95 bits per heavy atom. The monoisotopic (exact) mass is 516 g/mol. The van der Waals surface area contributed by atoms with E-state index in [0.717, 1.165) is 11.1 Å². The van der Waals surface area contributed by atoms with Crippen molar-refractivity contribution in [2.45, 2.75) is 40.2 Å². The fraction of sp³-hybridized carbons (Fsp3) is 0.346. The molecule has 0 radical (unpaired) electrons. The molecule has 0 aliphatic heterocycles. The van der Waals surface area contributed by atoms with Crippen LogP contribution in [0.4, 0.5) is 20.3 Å². The van der Waals surface area contributed by atoms with Gasteiger partial charge < -0.3 is 31.2 Å². The number of amides is 1. The zero-order valence-electron chi connectivity index (χ0n) is 21.9. The molecule has 5 N–H and O–H groups in total. The van der Waals surface area contributed by atoms with E-state index in [4.69, 9.17) is 15.2 Å². The molecule has 0 atom stereocenters. The van der Waals surface area contributed by atoms with E-state index in [1.165, 1.54) is 13.1 Å². The lowest BCUT2D eigenvalue weighted by Crippen LogP contribution is -2.17. The molecule has 0 aliphatic carbocycles. The number of halogens is 2. The van der Waals surface area contributed by atoms with Gasteiger partial charge >= 0.3 is 0 Å². The van der Waals surface area contributed by atoms with Crippen LogP contribution in [0.15, 0.2) is 58.6 Å². The summed E-state index contributed by atoms with van der Waals surface area (Å²) in [7, 11) is 4.78. The highest BCUT2D eigenvalue weighted by molar-refractivity contribution is 5.98. The van der Waals surface area contributed by atoms with Crippen molar-refractivity contribution in [1.82, 2.24) is 10.3 Å². The van der Waals surface area contributed by atoms with Gasteiger partial charge in [-0.05, 0) is 32.4 Å². The molecular weight excluding hydrogens is 482 g/mol. The molecule has 11 heteroatoms. The second-order valence-corrected chi connectivity index (χ2v) is 8.02. The molecule has 9 nitrogen and oxygen atoms in total. The van der Waals surface area contributed by atoms with Gasteiger partial charge in [0.25, 0.3) is 12.3 Å². The Labute approximate surface area is 215 Å². The van der Waals surface area contributed by atoms with Crippen molar-refractivity contribution >= 4 is 23.1 Å². The van der Waals surface area contributed by atoms with Crippen molar-refractivity contribution in [3.05, 3.63) is 64.8 Å². The first-order chi connectivity index (χ1) is 17.6. The van der Waals surface area contributed by atoms with Crippen molar-refractivity contribution in [2.24, 2.45) is 10.7 Å². The number of benzene rings is 1. The van der Waals surface area contributed by atoms with Gasteiger partial charge in [-0.1, -0.05) is 12.5 Å². The maximum Gasteiger partial charge on any atom is 0.276 e. The van der Waals surface area contributed by atoms with Crippen LogP contribution in [0.2, 0.25) is 0 Å². The largest absolute Gasteiger partial charge is 0.497 e. The van der Waals surface area contributed by atoms with Crippen LogP contribution < -0.4 is 31.2 Å². The molecule has 1 amide bonds. The average Bonchev–Trinajstić information content (AvgIpc) is 2.89. The number of primary amides is 1. The fourth-order valence-corrected chi connectivity index (χ4v) is 3.23. The van der Waals surface area contributed by atoms with Crippen LogP contribution in [0.1, 0.15) is 43.1 Å². The van der Waals surface area contributed by atoms with Crippen molar-refractivity contribution in [2.75, 3.05) is 31.9 Å².